The highest BCUT2D eigenvalue weighted by atomic mass is 16.5. The van der Waals surface area contributed by atoms with Crippen LogP contribution in [0.1, 0.15) is 38.3 Å². The maximum Gasteiger partial charge on any atom is 0.321 e. The Bertz CT molecular complexity index is 889. The first-order valence-corrected chi connectivity index (χ1v) is 10.7. The fraction of sp³-hybridized carbons (Fsp3) is 0.458. The second-order valence-electron chi connectivity index (χ2n) is 8.77. The summed E-state index contributed by atoms with van der Waals surface area (Å²) in [6.45, 7) is 7.02. The Hall–Kier alpha value is -2.73. The number of phenols is 1. The van der Waals surface area contributed by atoms with Gasteiger partial charge in [0.2, 0.25) is 0 Å². The Kier molecular flexibility index (Phi) is 5.60. The number of nitrogens with one attached hydrogen (secondary N) is 1. The lowest BCUT2D eigenvalue weighted by Gasteiger charge is -2.62. The topological polar surface area (TPSA) is 65.0 Å². The van der Waals surface area contributed by atoms with Gasteiger partial charge in [0.15, 0.2) is 0 Å². The van der Waals surface area contributed by atoms with E-state index in [1.54, 1.807) is 19.2 Å². The number of benzene rings is 2. The third kappa shape index (κ3) is 3.84. The third-order valence-corrected chi connectivity index (χ3v) is 6.65. The van der Waals surface area contributed by atoms with Gasteiger partial charge in [-0.3, -0.25) is 4.90 Å². The highest BCUT2D eigenvalue weighted by Gasteiger charge is 2.54. The molecule has 0 aromatic heterocycles. The number of urea groups is 1. The zero-order valence-electron chi connectivity index (χ0n) is 18.0. The summed E-state index contributed by atoms with van der Waals surface area (Å²) in [6.07, 6.45) is 1.96. The SMILES string of the molecule is COc1cccc(NC(=O)N2CCC3(CC2)CN(C(C)C)C3c2ccc(O)cc2)c1. The van der Waals surface area contributed by atoms with Crippen molar-refractivity contribution in [3.63, 3.8) is 0 Å². The molecular weight excluding hydrogens is 378 g/mol. The van der Waals surface area contributed by atoms with Crippen LogP contribution in [0, 0.1) is 5.41 Å². The van der Waals surface area contributed by atoms with E-state index in [2.05, 4.69) is 24.1 Å². The largest absolute Gasteiger partial charge is 0.508 e. The second-order valence-corrected chi connectivity index (χ2v) is 8.77. The number of nitrogens with zero attached hydrogens (tertiary/aromatic N) is 2. The van der Waals surface area contributed by atoms with Gasteiger partial charge in [-0.2, -0.15) is 0 Å². The van der Waals surface area contributed by atoms with Gasteiger partial charge in [-0.05, 0) is 56.5 Å². The highest BCUT2D eigenvalue weighted by Crippen LogP contribution is 2.55. The summed E-state index contributed by atoms with van der Waals surface area (Å²) < 4.78 is 5.24. The monoisotopic (exact) mass is 409 g/mol. The molecule has 1 unspecified atom stereocenters. The lowest BCUT2D eigenvalue weighted by Crippen LogP contribution is -2.64. The minimum Gasteiger partial charge on any atom is -0.508 e. The second kappa shape index (κ2) is 8.19. The van der Waals surface area contributed by atoms with Gasteiger partial charge in [0.1, 0.15) is 11.5 Å². The summed E-state index contributed by atoms with van der Waals surface area (Å²) in [5, 5.41) is 12.7. The summed E-state index contributed by atoms with van der Waals surface area (Å²) in [4.78, 5) is 17.2. The number of carbonyl (C=O) groups excluding carboxylic acids is 1. The Morgan fingerprint density at radius 3 is 2.50 bits per heavy atom. The molecule has 2 aliphatic rings. The first-order valence-electron chi connectivity index (χ1n) is 10.7. The molecule has 2 aromatic carbocycles. The number of ether oxygens (including phenoxy) is 1. The molecule has 2 saturated heterocycles. The van der Waals surface area contributed by atoms with Crippen LogP contribution in [-0.4, -0.2) is 53.7 Å². The van der Waals surface area contributed by atoms with Gasteiger partial charge in [0.25, 0.3) is 0 Å². The van der Waals surface area contributed by atoms with Crippen molar-refractivity contribution >= 4 is 11.7 Å². The van der Waals surface area contributed by atoms with Gasteiger partial charge < -0.3 is 20.1 Å². The fourth-order valence-electron chi connectivity index (χ4n) is 4.95. The molecule has 1 atom stereocenters. The molecular formula is C24H31N3O3. The Labute approximate surface area is 178 Å². The molecule has 1 spiro atoms. The maximum atomic E-state index is 12.8. The van der Waals surface area contributed by atoms with E-state index in [-0.39, 0.29) is 11.4 Å². The van der Waals surface area contributed by atoms with E-state index < -0.39 is 0 Å². The number of hydrogen-bond donors (Lipinski definition) is 2. The summed E-state index contributed by atoms with van der Waals surface area (Å²) >= 11 is 0. The van der Waals surface area contributed by atoms with Gasteiger partial charge in [-0.1, -0.05) is 18.2 Å². The summed E-state index contributed by atoms with van der Waals surface area (Å²) in [5.74, 6) is 1.03. The zero-order valence-corrected chi connectivity index (χ0v) is 18.0. The third-order valence-electron chi connectivity index (χ3n) is 6.65. The van der Waals surface area contributed by atoms with Crippen LogP contribution in [0.25, 0.3) is 0 Å². The minimum absolute atomic E-state index is 0.0562. The number of likely N-dealkylation sites (tertiary alicyclic amines) is 2. The standard InChI is InChI=1S/C24H31N3O3/c1-17(2)27-16-24(22(27)18-7-9-20(28)10-8-18)11-13-26(14-12-24)23(29)25-19-5-4-6-21(15-19)30-3/h4-10,15,17,22,28H,11-14,16H2,1-3H3,(H,25,29). The van der Waals surface area contributed by atoms with Crippen molar-refractivity contribution in [1.82, 2.24) is 9.80 Å². The molecule has 0 bridgehead atoms. The number of carbonyl (C=O) groups is 1. The molecule has 2 aromatic rings. The van der Waals surface area contributed by atoms with Crippen molar-refractivity contribution in [2.75, 3.05) is 32.1 Å². The van der Waals surface area contributed by atoms with Crippen molar-refractivity contribution in [2.45, 2.75) is 38.8 Å². The number of methoxy groups -OCH3 is 1. The number of amides is 2. The first kappa shape index (κ1) is 20.5. The van der Waals surface area contributed by atoms with E-state index in [1.165, 1.54) is 5.56 Å². The Morgan fingerprint density at radius 1 is 1.17 bits per heavy atom. The van der Waals surface area contributed by atoms with Crippen LogP contribution in [0.5, 0.6) is 11.5 Å². The first-order chi connectivity index (χ1) is 14.4. The van der Waals surface area contributed by atoms with Crippen LogP contribution in [0.2, 0.25) is 0 Å². The number of anilines is 1. The molecule has 2 aliphatic heterocycles. The Morgan fingerprint density at radius 2 is 1.87 bits per heavy atom. The average Bonchev–Trinajstić information content (AvgIpc) is 2.74. The lowest BCUT2D eigenvalue weighted by molar-refractivity contribution is -0.123. The van der Waals surface area contributed by atoms with Gasteiger partial charge in [-0.15, -0.1) is 0 Å². The van der Waals surface area contributed by atoms with Crippen molar-refractivity contribution in [2.24, 2.45) is 5.41 Å². The highest BCUT2D eigenvalue weighted by molar-refractivity contribution is 5.89. The maximum absolute atomic E-state index is 12.8. The molecule has 2 heterocycles. The van der Waals surface area contributed by atoms with Crippen LogP contribution in [0.4, 0.5) is 10.5 Å². The molecule has 0 aliphatic carbocycles. The van der Waals surface area contributed by atoms with Gasteiger partial charge in [0.05, 0.1) is 7.11 Å². The molecule has 160 valence electrons. The Balaban J connectivity index is 1.43. The van der Waals surface area contributed by atoms with Crippen LogP contribution in [0.3, 0.4) is 0 Å². The van der Waals surface area contributed by atoms with Crippen LogP contribution >= 0.6 is 0 Å². The molecule has 2 N–H and O–H groups in total. The predicted octanol–water partition coefficient (Wildman–Crippen LogP) is 4.48. The van der Waals surface area contributed by atoms with Crippen LogP contribution in [-0.2, 0) is 0 Å². The number of rotatable bonds is 4. The van der Waals surface area contributed by atoms with Gasteiger partial charge >= 0.3 is 6.03 Å². The summed E-state index contributed by atoms with van der Waals surface area (Å²) in [7, 11) is 1.62. The zero-order chi connectivity index (χ0) is 21.3. The molecule has 6 heteroatoms. The van der Waals surface area contributed by atoms with Crippen molar-refractivity contribution in [1.29, 1.82) is 0 Å². The van der Waals surface area contributed by atoms with E-state index in [0.717, 1.165) is 43.9 Å². The normalized spacial score (nSPS) is 20.8. The molecule has 2 amide bonds. The molecule has 2 fully saturated rings. The van der Waals surface area contributed by atoms with E-state index in [9.17, 15) is 9.90 Å². The number of piperidine rings is 1. The van der Waals surface area contributed by atoms with Gasteiger partial charge in [0, 0.05) is 48.9 Å². The van der Waals surface area contributed by atoms with E-state index >= 15 is 0 Å². The van der Waals surface area contributed by atoms with Crippen LogP contribution < -0.4 is 10.1 Å². The van der Waals surface area contributed by atoms with Crippen molar-refractivity contribution < 1.29 is 14.6 Å². The fourth-order valence-corrected chi connectivity index (χ4v) is 4.95. The van der Waals surface area contributed by atoms with Crippen molar-refractivity contribution in [3.05, 3.63) is 54.1 Å². The molecule has 0 saturated carbocycles. The van der Waals surface area contributed by atoms with E-state index in [4.69, 9.17) is 4.74 Å². The van der Waals surface area contributed by atoms with Crippen LogP contribution in [0.15, 0.2) is 48.5 Å². The van der Waals surface area contributed by atoms with E-state index in [0.29, 0.717) is 17.8 Å². The van der Waals surface area contributed by atoms with Gasteiger partial charge in [-0.25, -0.2) is 4.79 Å². The molecule has 4 rings (SSSR count). The summed E-state index contributed by atoms with van der Waals surface area (Å²) in [5.41, 5.74) is 2.19. The number of aromatic hydroxyl groups is 1. The van der Waals surface area contributed by atoms with E-state index in [1.807, 2.05) is 41.3 Å². The number of phenolic OH excluding ortho intramolecular Hbond substituents is 1. The summed E-state index contributed by atoms with van der Waals surface area (Å²) in [6, 6.07) is 15.8. The average molecular weight is 410 g/mol. The number of hydrogen-bond acceptors (Lipinski definition) is 4. The molecule has 30 heavy (non-hydrogen) atoms. The molecule has 6 nitrogen and oxygen atoms in total. The smallest absolute Gasteiger partial charge is 0.321 e. The predicted molar refractivity (Wildman–Crippen MR) is 118 cm³/mol. The quantitative estimate of drug-likeness (QED) is 0.781. The lowest BCUT2D eigenvalue weighted by atomic mass is 9.62. The minimum atomic E-state index is -0.0562. The molecule has 0 radical (unpaired) electrons. The van der Waals surface area contributed by atoms with Crippen molar-refractivity contribution in [3.8, 4) is 11.5 Å².